The number of carbonyl (C=O) groups is 2. The Labute approximate surface area is 116 Å². The van der Waals surface area contributed by atoms with Gasteiger partial charge in [-0.3, -0.25) is 15.0 Å². The van der Waals surface area contributed by atoms with Gasteiger partial charge < -0.3 is 10.1 Å². The summed E-state index contributed by atoms with van der Waals surface area (Å²) in [5.74, 6) is -0.327. The number of hydrogen-bond acceptors (Lipinski definition) is 4. The molecule has 110 valence electrons. The maximum absolute atomic E-state index is 12.9. The van der Waals surface area contributed by atoms with Gasteiger partial charge in [-0.15, -0.1) is 0 Å². The van der Waals surface area contributed by atoms with E-state index in [-0.39, 0.29) is 12.4 Å². The zero-order valence-electron chi connectivity index (χ0n) is 11.5. The van der Waals surface area contributed by atoms with E-state index in [9.17, 15) is 14.0 Å². The second-order valence-electron chi connectivity index (χ2n) is 4.17. The predicted molar refractivity (Wildman–Crippen MR) is 72.0 cm³/mol. The average molecular weight is 283 g/mol. The van der Waals surface area contributed by atoms with Crippen LogP contribution in [0.2, 0.25) is 0 Å². The largest absolute Gasteiger partial charge is 0.492 e. The number of likely N-dealkylation sites (N-methyl/N-ethyl adjacent to an activating group) is 1. The smallest absolute Gasteiger partial charge is 0.321 e. The summed E-state index contributed by atoms with van der Waals surface area (Å²) in [6.45, 7) is 0.852. The van der Waals surface area contributed by atoms with E-state index in [2.05, 4.69) is 10.6 Å². The molecule has 7 heteroatoms. The van der Waals surface area contributed by atoms with Crippen molar-refractivity contribution in [1.82, 2.24) is 15.5 Å². The summed E-state index contributed by atoms with van der Waals surface area (Å²) in [5, 5.41) is 4.44. The first kappa shape index (κ1) is 15.9. The van der Waals surface area contributed by atoms with Gasteiger partial charge in [-0.05, 0) is 19.2 Å². The maximum Gasteiger partial charge on any atom is 0.321 e. The predicted octanol–water partition coefficient (Wildman–Crippen LogP) is 0.592. The molecule has 0 fully saturated rings. The van der Waals surface area contributed by atoms with Crippen LogP contribution in [-0.4, -0.2) is 50.6 Å². The van der Waals surface area contributed by atoms with Crippen LogP contribution in [0.5, 0.6) is 5.75 Å². The number of ether oxygens (including phenoxy) is 1. The number of hydrogen-bond donors (Lipinski definition) is 2. The third-order valence-corrected chi connectivity index (χ3v) is 2.43. The fourth-order valence-corrected chi connectivity index (χ4v) is 1.43. The summed E-state index contributed by atoms with van der Waals surface area (Å²) < 4.78 is 18.2. The second kappa shape index (κ2) is 8.11. The number of nitrogens with zero attached hydrogens (tertiary/aromatic N) is 1. The van der Waals surface area contributed by atoms with Gasteiger partial charge in [0.25, 0.3) is 0 Å². The van der Waals surface area contributed by atoms with Gasteiger partial charge in [0, 0.05) is 19.7 Å². The molecule has 2 N–H and O–H groups in total. The highest BCUT2D eigenvalue weighted by Crippen LogP contribution is 2.11. The zero-order valence-corrected chi connectivity index (χ0v) is 11.5. The molecule has 0 unspecified atom stereocenters. The standard InChI is InChI=1S/C13H18FN3O3/c1-15-13(19)16-12(18)9-17(2)6-7-20-11-5-3-4-10(14)8-11/h3-5,8H,6-7,9H2,1-2H3,(H2,15,16,18,19). The van der Waals surface area contributed by atoms with E-state index in [1.54, 1.807) is 24.1 Å². The molecule has 1 aromatic carbocycles. The van der Waals surface area contributed by atoms with Gasteiger partial charge in [0.1, 0.15) is 18.2 Å². The van der Waals surface area contributed by atoms with Crippen LogP contribution in [0.25, 0.3) is 0 Å². The Morgan fingerprint density at radius 1 is 1.40 bits per heavy atom. The first-order valence-electron chi connectivity index (χ1n) is 6.09. The summed E-state index contributed by atoms with van der Waals surface area (Å²) in [4.78, 5) is 24.0. The van der Waals surface area contributed by atoms with Crippen LogP contribution in [0.1, 0.15) is 0 Å². The van der Waals surface area contributed by atoms with Gasteiger partial charge in [-0.1, -0.05) is 6.07 Å². The van der Waals surface area contributed by atoms with Gasteiger partial charge in [-0.2, -0.15) is 0 Å². The normalized spacial score (nSPS) is 10.2. The Morgan fingerprint density at radius 3 is 2.80 bits per heavy atom. The number of nitrogens with one attached hydrogen (secondary N) is 2. The highest BCUT2D eigenvalue weighted by atomic mass is 19.1. The molecule has 20 heavy (non-hydrogen) atoms. The van der Waals surface area contributed by atoms with Crippen LogP contribution in [0.3, 0.4) is 0 Å². The lowest BCUT2D eigenvalue weighted by molar-refractivity contribution is -0.120. The Hall–Kier alpha value is -2.15. The lowest BCUT2D eigenvalue weighted by Gasteiger charge is -2.16. The highest BCUT2D eigenvalue weighted by Gasteiger charge is 2.09. The number of benzene rings is 1. The van der Waals surface area contributed by atoms with E-state index in [0.29, 0.717) is 18.9 Å². The molecule has 0 radical (unpaired) electrons. The SMILES string of the molecule is CNC(=O)NC(=O)CN(C)CCOc1cccc(F)c1. The van der Waals surface area contributed by atoms with E-state index in [0.717, 1.165) is 0 Å². The molecule has 1 rings (SSSR count). The molecule has 0 aromatic heterocycles. The highest BCUT2D eigenvalue weighted by molar-refractivity contribution is 5.95. The average Bonchev–Trinajstić information content (AvgIpc) is 2.38. The lowest BCUT2D eigenvalue weighted by Crippen LogP contribution is -2.43. The minimum absolute atomic E-state index is 0.0694. The van der Waals surface area contributed by atoms with Crippen LogP contribution < -0.4 is 15.4 Å². The van der Waals surface area contributed by atoms with Gasteiger partial charge in [0.2, 0.25) is 5.91 Å². The minimum Gasteiger partial charge on any atom is -0.492 e. The quantitative estimate of drug-likeness (QED) is 0.801. The number of urea groups is 1. The molecule has 0 saturated carbocycles. The second-order valence-corrected chi connectivity index (χ2v) is 4.17. The fourth-order valence-electron chi connectivity index (χ4n) is 1.43. The summed E-state index contributed by atoms with van der Waals surface area (Å²) in [6.07, 6.45) is 0. The maximum atomic E-state index is 12.9. The fraction of sp³-hybridized carbons (Fsp3) is 0.385. The van der Waals surface area contributed by atoms with Crippen molar-refractivity contribution in [3.63, 3.8) is 0 Å². The number of carbonyl (C=O) groups excluding carboxylic acids is 2. The number of rotatable bonds is 6. The summed E-state index contributed by atoms with van der Waals surface area (Å²) >= 11 is 0. The molecule has 0 aliphatic heterocycles. The van der Waals surface area contributed by atoms with E-state index >= 15 is 0 Å². The molecule has 0 atom stereocenters. The third kappa shape index (κ3) is 6.14. The Morgan fingerprint density at radius 2 is 2.15 bits per heavy atom. The molecule has 0 bridgehead atoms. The van der Waals surface area contributed by atoms with Crippen molar-refractivity contribution in [2.45, 2.75) is 0 Å². The first-order valence-corrected chi connectivity index (χ1v) is 6.09. The molecular formula is C13H18FN3O3. The van der Waals surface area contributed by atoms with Crippen LogP contribution >= 0.6 is 0 Å². The van der Waals surface area contributed by atoms with Crippen molar-refractivity contribution in [1.29, 1.82) is 0 Å². The Bertz CT molecular complexity index is 468. The molecule has 0 aliphatic rings. The third-order valence-electron chi connectivity index (χ3n) is 2.43. The summed E-state index contributed by atoms with van der Waals surface area (Å²) in [7, 11) is 3.15. The first-order chi connectivity index (χ1) is 9.51. The summed E-state index contributed by atoms with van der Waals surface area (Å²) in [6, 6.07) is 5.30. The Balaban J connectivity index is 2.24. The van der Waals surface area contributed by atoms with Gasteiger partial charge >= 0.3 is 6.03 Å². The van der Waals surface area contributed by atoms with Crippen LogP contribution in [0, 0.1) is 5.82 Å². The molecule has 6 nitrogen and oxygen atoms in total. The molecule has 0 heterocycles. The monoisotopic (exact) mass is 283 g/mol. The van der Waals surface area contributed by atoms with Crippen molar-refractivity contribution < 1.29 is 18.7 Å². The molecule has 3 amide bonds. The van der Waals surface area contributed by atoms with Gasteiger partial charge in [-0.25, -0.2) is 9.18 Å². The van der Waals surface area contributed by atoms with Crippen molar-refractivity contribution in [3.05, 3.63) is 30.1 Å². The van der Waals surface area contributed by atoms with Gasteiger partial charge in [0.15, 0.2) is 0 Å². The van der Waals surface area contributed by atoms with E-state index in [1.807, 2.05) is 0 Å². The van der Waals surface area contributed by atoms with E-state index in [1.165, 1.54) is 19.2 Å². The van der Waals surface area contributed by atoms with Crippen LogP contribution in [0.15, 0.2) is 24.3 Å². The number of imide groups is 1. The zero-order chi connectivity index (χ0) is 15.0. The molecule has 1 aromatic rings. The topological polar surface area (TPSA) is 70.7 Å². The van der Waals surface area contributed by atoms with Crippen molar-refractivity contribution >= 4 is 11.9 Å². The lowest BCUT2D eigenvalue weighted by atomic mass is 10.3. The van der Waals surface area contributed by atoms with Crippen molar-refractivity contribution in [2.75, 3.05) is 33.8 Å². The van der Waals surface area contributed by atoms with Crippen molar-refractivity contribution in [2.24, 2.45) is 0 Å². The number of amides is 3. The number of halogens is 1. The van der Waals surface area contributed by atoms with Crippen LogP contribution in [0.4, 0.5) is 9.18 Å². The Kier molecular flexibility index (Phi) is 6.45. The van der Waals surface area contributed by atoms with Crippen LogP contribution in [-0.2, 0) is 4.79 Å². The summed E-state index contributed by atoms with van der Waals surface area (Å²) in [5.41, 5.74) is 0. The van der Waals surface area contributed by atoms with Gasteiger partial charge in [0.05, 0.1) is 6.54 Å². The van der Waals surface area contributed by atoms with E-state index < -0.39 is 11.9 Å². The molecule has 0 aliphatic carbocycles. The molecule has 0 saturated heterocycles. The minimum atomic E-state index is -0.542. The molecular weight excluding hydrogens is 265 g/mol. The van der Waals surface area contributed by atoms with E-state index in [4.69, 9.17) is 4.74 Å². The van der Waals surface area contributed by atoms with Crippen molar-refractivity contribution in [3.8, 4) is 5.75 Å². The molecule has 0 spiro atoms.